The predicted octanol–water partition coefficient (Wildman–Crippen LogP) is 2.40. The maximum Gasteiger partial charge on any atom is 0.239 e. The zero-order valence-corrected chi connectivity index (χ0v) is 13.6. The summed E-state index contributed by atoms with van der Waals surface area (Å²) in [6, 6.07) is 8.02. The van der Waals surface area contributed by atoms with Crippen molar-refractivity contribution >= 4 is 18.3 Å². The molecule has 1 aliphatic heterocycles. The van der Waals surface area contributed by atoms with Crippen molar-refractivity contribution in [2.24, 2.45) is 0 Å². The SMILES string of the molecule is Cc1ccccc1OCCCN(C)C(=O)C1CCCN1.Cl. The second kappa shape index (κ2) is 8.90. The molecular weight excluding hydrogens is 288 g/mol. The fraction of sp³-hybridized carbons (Fsp3) is 0.562. The summed E-state index contributed by atoms with van der Waals surface area (Å²) < 4.78 is 5.74. The Labute approximate surface area is 133 Å². The summed E-state index contributed by atoms with van der Waals surface area (Å²) in [6.07, 6.45) is 2.91. The third-order valence-corrected chi connectivity index (χ3v) is 3.72. The highest BCUT2D eigenvalue weighted by Crippen LogP contribution is 2.16. The zero-order valence-electron chi connectivity index (χ0n) is 12.8. The highest BCUT2D eigenvalue weighted by atomic mass is 35.5. The number of ether oxygens (including phenoxy) is 1. The quantitative estimate of drug-likeness (QED) is 0.820. The van der Waals surface area contributed by atoms with Crippen LogP contribution in [-0.4, -0.2) is 43.6 Å². The number of hydrogen-bond donors (Lipinski definition) is 1. The van der Waals surface area contributed by atoms with E-state index in [-0.39, 0.29) is 24.4 Å². The highest BCUT2D eigenvalue weighted by Gasteiger charge is 2.24. The van der Waals surface area contributed by atoms with E-state index in [0.717, 1.165) is 43.7 Å². The molecule has 1 atom stereocenters. The van der Waals surface area contributed by atoms with Crippen LogP contribution < -0.4 is 10.1 Å². The molecule has 1 amide bonds. The molecule has 4 nitrogen and oxygen atoms in total. The monoisotopic (exact) mass is 312 g/mol. The number of carbonyl (C=O) groups excluding carboxylic acids is 1. The molecule has 1 aliphatic rings. The van der Waals surface area contributed by atoms with Gasteiger partial charge in [-0.15, -0.1) is 12.4 Å². The standard InChI is InChI=1S/C16H24N2O2.ClH/c1-13-7-3-4-9-15(13)20-12-6-11-18(2)16(19)14-8-5-10-17-14;/h3-4,7,9,14,17H,5-6,8,10-12H2,1-2H3;1H. The molecule has 1 aromatic carbocycles. The summed E-state index contributed by atoms with van der Waals surface area (Å²) in [5.74, 6) is 1.14. The third kappa shape index (κ3) is 5.21. The van der Waals surface area contributed by atoms with E-state index in [0.29, 0.717) is 6.61 Å². The summed E-state index contributed by atoms with van der Waals surface area (Å²) in [5, 5.41) is 3.24. The number of rotatable bonds is 6. The lowest BCUT2D eigenvalue weighted by Gasteiger charge is -2.21. The van der Waals surface area contributed by atoms with Gasteiger partial charge in [-0.3, -0.25) is 4.79 Å². The van der Waals surface area contributed by atoms with Gasteiger partial charge >= 0.3 is 0 Å². The average Bonchev–Trinajstić information content (AvgIpc) is 2.98. The molecular formula is C16H25ClN2O2. The van der Waals surface area contributed by atoms with Crippen molar-refractivity contribution in [1.82, 2.24) is 10.2 Å². The number of benzene rings is 1. The highest BCUT2D eigenvalue weighted by molar-refractivity contribution is 5.85. The molecule has 1 heterocycles. The molecule has 0 aliphatic carbocycles. The summed E-state index contributed by atoms with van der Waals surface area (Å²) >= 11 is 0. The van der Waals surface area contributed by atoms with Gasteiger partial charge < -0.3 is 15.0 Å². The number of carbonyl (C=O) groups is 1. The first-order valence-electron chi connectivity index (χ1n) is 7.35. The Morgan fingerprint density at radius 2 is 2.19 bits per heavy atom. The third-order valence-electron chi connectivity index (χ3n) is 3.72. The van der Waals surface area contributed by atoms with Crippen molar-refractivity contribution in [2.45, 2.75) is 32.2 Å². The molecule has 118 valence electrons. The Balaban J connectivity index is 0.00000220. The minimum atomic E-state index is 0. The number of hydrogen-bond acceptors (Lipinski definition) is 3. The molecule has 1 fully saturated rings. The first kappa shape index (κ1) is 17.8. The zero-order chi connectivity index (χ0) is 14.4. The fourth-order valence-electron chi connectivity index (χ4n) is 2.47. The van der Waals surface area contributed by atoms with Crippen molar-refractivity contribution in [2.75, 3.05) is 26.7 Å². The van der Waals surface area contributed by atoms with Crippen LogP contribution in [0, 0.1) is 6.92 Å². The maximum absolute atomic E-state index is 12.1. The normalized spacial score (nSPS) is 17.1. The largest absolute Gasteiger partial charge is 0.493 e. The van der Waals surface area contributed by atoms with Crippen molar-refractivity contribution in [3.8, 4) is 5.75 Å². The number of para-hydroxylation sites is 1. The van der Waals surface area contributed by atoms with Gasteiger partial charge in [0.1, 0.15) is 5.75 Å². The number of amides is 1. The topological polar surface area (TPSA) is 41.6 Å². The van der Waals surface area contributed by atoms with Crippen molar-refractivity contribution < 1.29 is 9.53 Å². The molecule has 1 N–H and O–H groups in total. The van der Waals surface area contributed by atoms with Gasteiger partial charge in [-0.1, -0.05) is 18.2 Å². The van der Waals surface area contributed by atoms with Gasteiger partial charge in [0.15, 0.2) is 0 Å². The van der Waals surface area contributed by atoms with Gasteiger partial charge in [-0.2, -0.15) is 0 Å². The van der Waals surface area contributed by atoms with Crippen LogP contribution >= 0.6 is 12.4 Å². The van der Waals surface area contributed by atoms with Crippen LogP contribution in [0.1, 0.15) is 24.8 Å². The number of halogens is 1. The second-order valence-electron chi connectivity index (χ2n) is 5.38. The number of aryl methyl sites for hydroxylation is 1. The smallest absolute Gasteiger partial charge is 0.239 e. The molecule has 0 radical (unpaired) electrons. The number of nitrogens with one attached hydrogen (secondary N) is 1. The van der Waals surface area contributed by atoms with E-state index in [2.05, 4.69) is 5.32 Å². The van der Waals surface area contributed by atoms with E-state index in [9.17, 15) is 4.79 Å². The Morgan fingerprint density at radius 3 is 2.86 bits per heavy atom. The van der Waals surface area contributed by atoms with Gasteiger partial charge in [0.25, 0.3) is 0 Å². The van der Waals surface area contributed by atoms with Gasteiger partial charge in [0.05, 0.1) is 12.6 Å². The van der Waals surface area contributed by atoms with Gasteiger partial charge in [-0.05, 0) is 44.4 Å². The molecule has 5 heteroatoms. The van der Waals surface area contributed by atoms with Crippen LogP contribution in [0.2, 0.25) is 0 Å². The molecule has 0 aromatic heterocycles. The van der Waals surface area contributed by atoms with Crippen molar-refractivity contribution in [1.29, 1.82) is 0 Å². The predicted molar refractivity (Wildman–Crippen MR) is 87.2 cm³/mol. The Morgan fingerprint density at radius 1 is 1.43 bits per heavy atom. The molecule has 0 spiro atoms. The summed E-state index contributed by atoms with van der Waals surface area (Å²) in [7, 11) is 1.87. The lowest BCUT2D eigenvalue weighted by Crippen LogP contribution is -2.42. The molecule has 1 unspecified atom stereocenters. The maximum atomic E-state index is 12.1. The lowest BCUT2D eigenvalue weighted by molar-refractivity contribution is -0.131. The van der Waals surface area contributed by atoms with Crippen LogP contribution in [0.15, 0.2) is 24.3 Å². The minimum Gasteiger partial charge on any atom is -0.493 e. The molecule has 21 heavy (non-hydrogen) atoms. The first-order chi connectivity index (χ1) is 9.68. The van der Waals surface area contributed by atoms with Crippen molar-refractivity contribution in [3.05, 3.63) is 29.8 Å². The molecule has 0 bridgehead atoms. The Kier molecular flexibility index (Phi) is 7.54. The van der Waals surface area contributed by atoms with Crippen molar-refractivity contribution in [3.63, 3.8) is 0 Å². The van der Waals surface area contributed by atoms with Gasteiger partial charge in [0, 0.05) is 13.6 Å². The molecule has 1 aromatic rings. The van der Waals surface area contributed by atoms with Crippen LogP contribution in [-0.2, 0) is 4.79 Å². The summed E-state index contributed by atoms with van der Waals surface area (Å²) in [5.41, 5.74) is 1.15. The van der Waals surface area contributed by atoms with Gasteiger partial charge in [-0.25, -0.2) is 0 Å². The van der Waals surface area contributed by atoms with E-state index < -0.39 is 0 Å². The Bertz CT molecular complexity index is 448. The van der Waals surface area contributed by atoms with E-state index >= 15 is 0 Å². The summed E-state index contributed by atoms with van der Waals surface area (Å²) in [4.78, 5) is 13.9. The minimum absolute atomic E-state index is 0. The second-order valence-corrected chi connectivity index (χ2v) is 5.38. The van der Waals surface area contributed by atoms with E-state index in [4.69, 9.17) is 4.74 Å². The average molecular weight is 313 g/mol. The molecule has 1 saturated heterocycles. The summed E-state index contributed by atoms with van der Waals surface area (Å²) in [6.45, 7) is 4.38. The molecule has 0 saturated carbocycles. The fourth-order valence-corrected chi connectivity index (χ4v) is 2.47. The van der Waals surface area contributed by atoms with Gasteiger partial charge in [0.2, 0.25) is 5.91 Å². The lowest BCUT2D eigenvalue weighted by atomic mass is 10.2. The van der Waals surface area contributed by atoms with Crippen LogP contribution in [0.5, 0.6) is 5.75 Å². The van der Waals surface area contributed by atoms with E-state index in [1.54, 1.807) is 0 Å². The molecule has 2 rings (SSSR count). The van der Waals surface area contributed by atoms with E-state index in [1.165, 1.54) is 0 Å². The van der Waals surface area contributed by atoms with E-state index in [1.807, 2.05) is 43.1 Å². The van der Waals surface area contributed by atoms with Crippen LogP contribution in [0.4, 0.5) is 0 Å². The number of likely N-dealkylation sites (N-methyl/N-ethyl adjacent to an activating group) is 1. The van der Waals surface area contributed by atoms with Crippen LogP contribution in [0.3, 0.4) is 0 Å². The Hall–Kier alpha value is -1.26. The van der Waals surface area contributed by atoms with Crippen LogP contribution in [0.25, 0.3) is 0 Å². The number of nitrogens with zero attached hydrogens (tertiary/aromatic N) is 1. The first-order valence-corrected chi connectivity index (χ1v) is 7.35.